The first kappa shape index (κ1) is 24.4. The van der Waals surface area contributed by atoms with E-state index >= 15 is 0 Å². The number of nitrogens with zero attached hydrogens (tertiary/aromatic N) is 2. The standard InChI is InChI=1S/C26H34N2O6/c1-18(2)33-25(29)28-17-32-24(21(28)14-20-8-6-5-7-9-20)26(4,15-23-30-12-13-31-23)34-22-11-10-19(3)16-27-22/h5-11,16,18,21,23-24H,12-15,17H2,1-4H3. The molecule has 0 N–H and O–H groups in total. The molecule has 8 nitrogen and oxygen atoms in total. The van der Waals surface area contributed by atoms with Crippen molar-refractivity contribution in [3.05, 3.63) is 59.8 Å². The molecule has 2 aliphatic heterocycles. The van der Waals surface area contributed by atoms with Crippen molar-refractivity contribution in [2.45, 2.75) is 70.7 Å². The van der Waals surface area contributed by atoms with E-state index in [2.05, 4.69) is 4.98 Å². The summed E-state index contributed by atoms with van der Waals surface area (Å²) in [6.45, 7) is 8.81. The Hall–Kier alpha value is -2.68. The van der Waals surface area contributed by atoms with Gasteiger partial charge in [-0.05, 0) is 45.2 Å². The second-order valence-electron chi connectivity index (χ2n) is 9.34. The number of ether oxygens (including phenoxy) is 5. The SMILES string of the molecule is Cc1ccc(OC(C)(CC2OCCO2)C2OCN(C(=O)OC(C)C)C2Cc2ccccc2)nc1. The molecule has 3 heterocycles. The molecule has 3 atom stereocenters. The molecule has 0 radical (unpaired) electrons. The van der Waals surface area contributed by atoms with E-state index in [-0.39, 0.29) is 18.9 Å². The predicted molar refractivity (Wildman–Crippen MR) is 125 cm³/mol. The minimum atomic E-state index is -0.885. The maximum absolute atomic E-state index is 13.0. The van der Waals surface area contributed by atoms with Crippen molar-refractivity contribution in [3.8, 4) is 5.88 Å². The molecule has 34 heavy (non-hydrogen) atoms. The van der Waals surface area contributed by atoms with Gasteiger partial charge in [-0.25, -0.2) is 9.78 Å². The number of pyridine rings is 1. The average Bonchev–Trinajstić information content (AvgIpc) is 3.46. The number of carbonyl (C=O) groups is 1. The lowest BCUT2D eigenvalue weighted by atomic mass is 9.86. The smallest absolute Gasteiger partial charge is 0.412 e. The molecule has 1 aromatic heterocycles. The second kappa shape index (κ2) is 10.7. The molecule has 0 bridgehead atoms. The van der Waals surface area contributed by atoms with Crippen LogP contribution in [-0.4, -0.2) is 66.1 Å². The number of amides is 1. The molecule has 1 aromatic carbocycles. The van der Waals surface area contributed by atoms with Crippen molar-refractivity contribution in [2.75, 3.05) is 19.9 Å². The predicted octanol–water partition coefficient (Wildman–Crippen LogP) is 4.11. The molecule has 4 rings (SSSR count). The van der Waals surface area contributed by atoms with Gasteiger partial charge in [-0.3, -0.25) is 4.90 Å². The van der Waals surface area contributed by atoms with Crippen molar-refractivity contribution >= 4 is 6.09 Å². The van der Waals surface area contributed by atoms with E-state index < -0.39 is 24.1 Å². The van der Waals surface area contributed by atoms with Crippen molar-refractivity contribution in [1.29, 1.82) is 0 Å². The molecule has 1 amide bonds. The summed E-state index contributed by atoms with van der Waals surface area (Å²) in [7, 11) is 0. The molecule has 0 spiro atoms. The van der Waals surface area contributed by atoms with E-state index in [4.69, 9.17) is 23.7 Å². The highest BCUT2D eigenvalue weighted by Crippen LogP contribution is 2.36. The summed E-state index contributed by atoms with van der Waals surface area (Å²) < 4.78 is 29.8. The van der Waals surface area contributed by atoms with Crippen molar-refractivity contribution in [3.63, 3.8) is 0 Å². The summed E-state index contributed by atoms with van der Waals surface area (Å²) in [6.07, 6.45) is 1.25. The number of hydrogen-bond acceptors (Lipinski definition) is 7. The topological polar surface area (TPSA) is 79.4 Å². The molecule has 184 valence electrons. The quantitative estimate of drug-likeness (QED) is 0.575. The van der Waals surface area contributed by atoms with E-state index in [1.54, 1.807) is 11.1 Å². The molecule has 2 saturated heterocycles. The first-order valence-corrected chi connectivity index (χ1v) is 11.8. The van der Waals surface area contributed by atoms with Gasteiger partial charge in [0.1, 0.15) is 18.4 Å². The van der Waals surface area contributed by atoms with Gasteiger partial charge in [0, 0.05) is 18.7 Å². The summed E-state index contributed by atoms with van der Waals surface area (Å²) >= 11 is 0. The van der Waals surface area contributed by atoms with Crippen LogP contribution in [-0.2, 0) is 25.4 Å². The molecule has 2 fully saturated rings. The van der Waals surface area contributed by atoms with Crippen LogP contribution in [0.3, 0.4) is 0 Å². The van der Waals surface area contributed by atoms with Gasteiger partial charge in [0.2, 0.25) is 5.88 Å². The van der Waals surface area contributed by atoms with Crippen molar-refractivity contribution in [2.24, 2.45) is 0 Å². The van der Waals surface area contributed by atoms with Gasteiger partial charge in [0.05, 0.1) is 25.4 Å². The Morgan fingerprint density at radius 2 is 1.88 bits per heavy atom. The zero-order valence-electron chi connectivity index (χ0n) is 20.3. The highest BCUT2D eigenvalue weighted by molar-refractivity contribution is 5.68. The van der Waals surface area contributed by atoms with Gasteiger partial charge in [-0.2, -0.15) is 0 Å². The maximum atomic E-state index is 13.0. The highest BCUT2D eigenvalue weighted by Gasteiger charge is 2.52. The summed E-state index contributed by atoms with van der Waals surface area (Å²) in [6, 6.07) is 13.5. The molecule has 2 aromatic rings. The summed E-state index contributed by atoms with van der Waals surface area (Å²) in [5, 5.41) is 0. The number of benzene rings is 1. The zero-order chi connectivity index (χ0) is 24.1. The fourth-order valence-corrected chi connectivity index (χ4v) is 4.47. The largest absolute Gasteiger partial charge is 0.468 e. The molecule has 8 heteroatoms. The van der Waals surface area contributed by atoms with Crippen LogP contribution < -0.4 is 4.74 Å². The van der Waals surface area contributed by atoms with Crippen LogP contribution in [0.1, 0.15) is 38.3 Å². The zero-order valence-corrected chi connectivity index (χ0v) is 20.3. The van der Waals surface area contributed by atoms with Crippen LogP contribution in [0.15, 0.2) is 48.7 Å². The summed E-state index contributed by atoms with van der Waals surface area (Å²) in [4.78, 5) is 19.1. The Kier molecular flexibility index (Phi) is 7.70. The molecule has 3 unspecified atom stereocenters. The third-order valence-corrected chi connectivity index (χ3v) is 6.09. The minimum absolute atomic E-state index is 0.111. The van der Waals surface area contributed by atoms with E-state index in [0.29, 0.717) is 31.9 Å². The first-order chi connectivity index (χ1) is 16.3. The van der Waals surface area contributed by atoms with Crippen LogP contribution >= 0.6 is 0 Å². The first-order valence-electron chi connectivity index (χ1n) is 11.8. The van der Waals surface area contributed by atoms with Crippen LogP contribution in [0.5, 0.6) is 5.88 Å². The summed E-state index contributed by atoms with van der Waals surface area (Å²) in [5.74, 6) is 0.483. The van der Waals surface area contributed by atoms with E-state index in [9.17, 15) is 4.79 Å². The fraction of sp³-hybridized carbons (Fsp3) is 0.538. The summed E-state index contributed by atoms with van der Waals surface area (Å²) in [5.41, 5.74) is 1.25. The number of aryl methyl sites for hydroxylation is 1. The van der Waals surface area contributed by atoms with Gasteiger partial charge in [-0.1, -0.05) is 36.4 Å². The number of aromatic nitrogens is 1. The molecular weight excluding hydrogens is 436 g/mol. The van der Waals surface area contributed by atoms with Crippen molar-refractivity contribution < 1.29 is 28.5 Å². The lowest BCUT2D eigenvalue weighted by Crippen LogP contribution is -2.55. The molecule has 0 aliphatic carbocycles. The average molecular weight is 471 g/mol. The Bertz CT molecular complexity index is 932. The van der Waals surface area contributed by atoms with Gasteiger partial charge in [-0.15, -0.1) is 0 Å². The third kappa shape index (κ3) is 5.87. The number of rotatable bonds is 8. The second-order valence-corrected chi connectivity index (χ2v) is 9.34. The molecule has 0 saturated carbocycles. The van der Waals surface area contributed by atoms with Crippen molar-refractivity contribution in [1.82, 2.24) is 9.88 Å². The van der Waals surface area contributed by atoms with E-state index in [1.807, 2.05) is 70.2 Å². The Labute approximate surface area is 201 Å². The van der Waals surface area contributed by atoms with E-state index in [1.165, 1.54) is 0 Å². The Morgan fingerprint density at radius 1 is 1.15 bits per heavy atom. The van der Waals surface area contributed by atoms with Crippen LogP contribution in [0.2, 0.25) is 0 Å². The normalized spacial score (nSPS) is 22.7. The minimum Gasteiger partial charge on any atom is -0.468 e. The monoisotopic (exact) mass is 470 g/mol. The van der Waals surface area contributed by atoms with Gasteiger partial charge < -0.3 is 23.7 Å². The Morgan fingerprint density at radius 3 is 2.53 bits per heavy atom. The van der Waals surface area contributed by atoms with Crippen LogP contribution in [0, 0.1) is 6.92 Å². The third-order valence-electron chi connectivity index (χ3n) is 6.09. The van der Waals surface area contributed by atoms with Gasteiger partial charge in [0.25, 0.3) is 0 Å². The molecule has 2 aliphatic rings. The lowest BCUT2D eigenvalue weighted by molar-refractivity contribution is -0.131. The number of hydrogen-bond donors (Lipinski definition) is 0. The number of carbonyl (C=O) groups excluding carboxylic acids is 1. The Balaban J connectivity index is 1.65. The van der Waals surface area contributed by atoms with E-state index in [0.717, 1.165) is 11.1 Å². The van der Waals surface area contributed by atoms with Gasteiger partial charge >= 0.3 is 6.09 Å². The fourth-order valence-electron chi connectivity index (χ4n) is 4.47. The highest BCUT2D eigenvalue weighted by atomic mass is 16.7. The van der Waals surface area contributed by atoms with Crippen LogP contribution in [0.25, 0.3) is 0 Å². The molecular formula is C26H34N2O6. The lowest BCUT2D eigenvalue weighted by Gasteiger charge is -2.39. The van der Waals surface area contributed by atoms with Gasteiger partial charge in [0.15, 0.2) is 6.29 Å². The van der Waals surface area contributed by atoms with Crippen LogP contribution in [0.4, 0.5) is 4.79 Å². The maximum Gasteiger partial charge on any atom is 0.412 e.